The predicted molar refractivity (Wildman–Crippen MR) is 329 cm³/mol. The summed E-state index contributed by atoms with van der Waals surface area (Å²) in [5, 5.41) is 9.33. The van der Waals surface area contributed by atoms with Crippen LogP contribution in [0.25, 0.3) is 104 Å². The molecule has 0 fully saturated rings. The standard InChI is InChI=1S/C74H49N3O/c1-4-19-50(20-5-1)52-35-39-57(40-36-52)75(58-41-37-53(38-42-58)51-21-6-2-7-22-51)60-45-55(69-47-54-23-10-11-26-62(54)63-27-12-13-28-64(63)69)46-61(48-60)76(71-33-18-31-68-67-30-15-17-34-73(67)78-74(68)71)59-43-44-66-65-29-14-16-32-70(65)77(72(66)49-59)56-24-8-3-9-25-56/h1-49H. The molecule has 0 unspecified atom stereocenters. The fourth-order valence-electron chi connectivity index (χ4n) is 11.9. The lowest BCUT2D eigenvalue weighted by Crippen LogP contribution is -2.14. The lowest BCUT2D eigenvalue weighted by atomic mass is 9.92. The largest absolute Gasteiger partial charge is 0.454 e. The summed E-state index contributed by atoms with van der Waals surface area (Å²) in [4.78, 5) is 4.83. The number of para-hydroxylation sites is 4. The highest BCUT2D eigenvalue weighted by Crippen LogP contribution is 2.49. The van der Waals surface area contributed by atoms with Gasteiger partial charge in [-0.2, -0.15) is 0 Å². The molecule has 15 aromatic rings. The van der Waals surface area contributed by atoms with Gasteiger partial charge in [-0.25, -0.2) is 0 Å². The van der Waals surface area contributed by atoms with Crippen LogP contribution in [0.3, 0.4) is 0 Å². The lowest BCUT2D eigenvalue weighted by molar-refractivity contribution is 0.669. The minimum Gasteiger partial charge on any atom is -0.454 e. The van der Waals surface area contributed by atoms with E-state index in [1.807, 2.05) is 0 Å². The second-order valence-corrected chi connectivity index (χ2v) is 20.1. The van der Waals surface area contributed by atoms with Gasteiger partial charge in [0.2, 0.25) is 0 Å². The summed E-state index contributed by atoms with van der Waals surface area (Å²) in [5.74, 6) is 0. The molecule has 0 spiro atoms. The Balaban J connectivity index is 1.04. The van der Waals surface area contributed by atoms with Crippen LogP contribution in [0, 0.1) is 0 Å². The third kappa shape index (κ3) is 7.69. The average molecular weight is 996 g/mol. The van der Waals surface area contributed by atoms with Crippen molar-refractivity contribution in [3.05, 3.63) is 297 Å². The summed E-state index contributed by atoms with van der Waals surface area (Å²) in [6.45, 7) is 0. The Kier molecular flexibility index (Phi) is 10.8. The first-order valence-electron chi connectivity index (χ1n) is 26.6. The maximum Gasteiger partial charge on any atom is 0.159 e. The van der Waals surface area contributed by atoms with E-state index in [1.54, 1.807) is 0 Å². The van der Waals surface area contributed by atoms with Gasteiger partial charge in [0.05, 0.1) is 16.7 Å². The molecular formula is C74H49N3O. The molecule has 0 aliphatic carbocycles. The fourth-order valence-corrected chi connectivity index (χ4v) is 11.9. The maximum absolute atomic E-state index is 7.01. The van der Waals surface area contributed by atoms with Gasteiger partial charge in [0, 0.05) is 55.7 Å². The van der Waals surface area contributed by atoms with Crippen LogP contribution in [0.2, 0.25) is 0 Å². The monoisotopic (exact) mass is 995 g/mol. The van der Waals surface area contributed by atoms with Crippen LogP contribution >= 0.6 is 0 Å². The Morgan fingerprint density at radius 1 is 0.269 bits per heavy atom. The zero-order chi connectivity index (χ0) is 51.5. The maximum atomic E-state index is 7.01. The summed E-state index contributed by atoms with van der Waals surface area (Å²) in [6.07, 6.45) is 0. The van der Waals surface area contributed by atoms with Gasteiger partial charge < -0.3 is 18.8 Å². The summed E-state index contributed by atoms with van der Waals surface area (Å²) in [7, 11) is 0. The smallest absolute Gasteiger partial charge is 0.159 e. The van der Waals surface area contributed by atoms with E-state index in [9.17, 15) is 0 Å². The summed E-state index contributed by atoms with van der Waals surface area (Å²) < 4.78 is 9.41. The van der Waals surface area contributed by atoms with Gasteiger partial charge in [-0.1, -0.05) is 206 Å². The molecule has 0 N–H and O–H groups in total. The van der Waals surface area contributed by atoms with Crippen LogP contribution < -0.4 is 9.80 Å². The van der Waals surface area contributed by atoms with Gasteiger partial charge in [-0.15, -0.1) is 0 Å². The predicted octanol–water partition coefficient (Wildman–Crippen LogP) is 20.9. The van der Waals surface area contributed by atoms with Gasteiger partial charge in [0.25, 0.3) is 0 Å². The van der Waals surface area contributed by atoms with E-state index in [2.05, 4.69) is 312 Å². The molecule has 78 heavy (non-hydrogen) atoms. The lowest BCUT2D eigenvalue weighted by Gasteiger charge is -2.31. The van der Waals surface area contributed by atoms with Crippen molar-refractivity contribution in [2.75, 3.05) is 9.80 Å². The number of rotatable bonds is 10. The molecule has 0 saturated heterocycles. The Labute approximate surface area is 452 Å². The molecule has 13 aromatic carbocycles. The number of aromatic nitrogens is 1. The molecule has 0 aliphatic heterocycles. The Hall–Kier alpha value is -10.4. The van der Waals surface area contributed by atoms with Crippen molar-refractivity contribution < 1.29 is 4.42 Å². The minimum atomic E-state index is 0.815. The minimum absolute atomic E-state index is 0.815. The van der Waals surface area contributed by atoms with Crippen molar-refractivity contribution in [1.29, 1.82) is 0 Å². The molecule has 0 aliphatic rings. The zero-order valence-corrected chi connectivity index (χ0v) is 42.5. The van der Waals surface area contributed by atoms with E-state index in [4.69, 9.17) is 4.42 Å². The third-order valence-corrected chi connectivity index (χ3v) is 15.5. The summed E-state index contributed by atoms with van der Waals surface area (Å²) in [6, 6.07) is 108. The van der Waals surface area contributed by atoms with E-state index in [0.717, 1.165) is 95.0 Å². The SMILES string of the molecule is c1ccc(-c2ccc(N(c3ccc(-c4ccccc4)cc3)c3cc(-c4cc5ccccc5c5ccccc45)cc(N(c4ccc5c6ccccc6n(-c6ccccc6)c5c4)c4cccc5c4oc4ccccc45)c3)cc2)cc1. The first-order chi connectivity index (χ1) is 38.7. The molecule has 15 rings (SSSR count). The number of anilines is 6. The van der Waals surface area contributed by atoms with Crippen LogP contribution in [0.1, 0.15) is 0 Å². The Bertz CT molecular complexity index is 4630. The highest BCUT2D eigenvalue weighted by Gasteiger charge is 2.25. The second kappa shape index (κ2) is 18.7. The summed E-state index contributed by atoms with van der Waals surface area (Å²) in [5.41, 5.74) is 17.9. The number of fused-ring (bicyclic) bond motifs is 9. The van der Waals surface area contributed by atoms with Gasteiger partial charge in [-0.3, -0.25) is 0 Å². The van der Waals surface area contributed by atoms with Crippen molar-refractivity contribution in [2.45, 2.75) is 0 Å². The van der Waals surface area contributed by atoms with Crippen molar-refractivity contribution in [3.8, 4) is 39.1 Å². The molecule has 4 heteroatoms. The first kappa shape index (κ1) is 45.0. The highest BCUT2D eigenvalue weighted by atomic mass is 16.3. The zero-order valence-electron chi connectivity index (χ0n) is 42.5. The normalized spacial score (nSPS) is 11.6. The molecule has 4 nitrogen and oxygen atoms in total. The van der Waals surface area contributed by atoms with Gasteiger partial charge in [0.15, 0.2) is 5.58 Å². The Morgan fingerprint density at radius 2 is 0.782 bits per heavy atom. The van der Waals surface area contributed by atoms with Crippen LogP contribution in [-0.2, 0) is 0 Å². The molecule has 0 bridgehead atoms. The molecule has 0 amide bonds. The topological polar surface area (TPSA) is 24.6 Å². The fraction of sp³-hybridized carbons (Fsp3) is 0. The molecule has 366 valence electrons. The van der Waals surface area contributed by atoms with E-state index in [-0.39, 0.29) is 0 Å². The quantitative estimate of drug-likeness (QED) is 0.128. The van der Waals surface area contributed by atoms with E-state index in [1.165, 1.54) is 43.4 Å². The van der Waals surface area contributed by atoms with Crippen LogP contribution in [-0.4, -0.2) is 4.57 Å². The van der Waals surface area contributed by atoms with Crippen molar-refractivity contribution >= 4 is 99.4 Å². The van der Waals surface area contributed by atoms with Crippen LogP contribution in [0.15, 0.2) is 302 Å². The molecule has 0 saturated carbocycles. The van der Waals surface area contributed by atoms with Crippen molar-refractivity contribution in [1.82, 2.24) is 4.57 Å². The Morgan fingerprint density at radius 3 is 1.47 bits per heavy atom. The number of hydrogen-bond acceptors (Lipinski definition) is 3. The van der Waals surface area contributed by atoms with Gasteiger partial charge in [0.1, 0.15) is 5.58 Å². The van der Waals surface area contributed by atoms with Gasteiger partial charge in [-0.05, 0) is 146 Å². The van der Waals surface area contributed by atoms with Crippen molar-refractivity contribution in [3.63, 3.8) is 0 Å². The number of nitrogens with zero attached hydrogens (tertiary/aromatic N) is 3. The van der Waals surface area contributed by atoms with E-state index < -0.39 is 0 Å². The molecule has 0 atom stereocenters. The van der Waals surface area contributed by atoms with E-state index >= 15 is 0 Å². The van der Waals surface area contributed by atoms with Gasteiger partial charge >= 0.3 is 0 Å². The molecule has 0 radical (unpaired) electrons. The highest BCUT2D eigenvalue weighted by molar-refractivity contribution is 6.15. The summed E-state index contributed by atoms with van der Waals surface area (Å²) >= 11 is 0. The van der Waals surface area contributed by atoms with E-state index in [0.29, 0.717) is 0 Å². The number of benzene rings is 13. The molecular weight excluding hydrogens is 947 g/mol. The second-order valence-electron chi connectivity index (χ2n) is 20.1. The van der Waals surface area contributed by atoms with Crippen molar-refractivity contribution in [2.24, 2.45) is 0 Å². The first-order valence-corrected chi connectivity index (χ1v) is 26.6. The molecule has 2 aromatic heterocycles. The average Bonchev–Trinajstić information content (AvgIpc) is 4.26. The van der Waals surface area contributed by atoms with Crippen LogP contribution in [0.5, 0.6) is 0 Å². The molecule has 2 heterocycles. The number of hydrogen-bond donors (Lipinski definition) is 0. The van der Waals surface area contributed by atoms with Crippen LogP contribution in [0.4, 0.5) is 34.1 Å². The third-order valence-electron chi connectivity index (χ3n) is 15.5. The number of furan rings is 1.